The summed E-state index contributed by atoms with van der Waals surface area (Å²) in [6.07, 6.45) is 1.92. The highest BCUT2D eigenvalue weighted by molar-refractivity contribution is 5.93. The van der Waals surface area contributed by atoms with Crippen LogP contribution in [0, 0.1) is 11.7 Å². The molecule has 1 amide bonds. The quantitative estimate of drug-likeness (QED) is 0.836. The van der Waals surface area contributed by atoms with Gasteiger partial charge in [0, 0.05) is 18.8 Å². The standard InChI is InChI=1S/C22H27FN2O/c1-16(2)20-7-3-4-8-21(20)24-22(26)18-6-5-13-25(15-18)14-17-9-11-19(23)12-10-17/h3-4,7-12,16,18H,5-6,13-15H2,1-2H3,(H,24,26). The highest BCUT2D eigenvalue weighted by atomic mass is 19.1. The highest BCUT2D eigenvalue weighted by Crippen LogP contribution is 2.26. The SMILES string of the molecule is CC(C)c1ccccc1NC(=O)C1CCCN(Cc2ccc(F)cc2)C1. The second-order valence-corrected chi connectivity index (χ2v) is 7.43. The molecule has 0 aliphatic carbocycles. The van der Waals surface area contributed by atoms with Crippen LogP contribution in [0.2, 0.25) is 0 Å². The Labute approximate surface area is 155 Å². The Bertz CT molecular complexity index is 742. The van der Waals surface area contributed by atoms with Gasteiger partial charge in [0.25, 0.3) is 0 Å². The molecule has 1 N–H and O–H groups in total. The van der Waals surface area contributed by atoms with Gasteiger partial charge in [-0.15, -0.1) is 0 Å². The van der Waals surface area contributed by atoms with E-state index < -0.39 is 0 Å². The van der Waals surface area contributed by atoms with Gasteiger partial charge >= 0.3 is 0 Å². The molecule has 1 aliphatic rings. The molecule has 0 bridgehead atoms. The van der Waals surface area contributed by atoms with Crippen LogP contribution in [0.15, 0.2) is 48.5 Å². The minimum absolute atomic E-state index is 0.00980. The number of para-hydroxylation sites is 1. The number of halogens is 1. The van der Waals surface area contributed by atoms with Crippen molar-refractivity contribution in [3.8, 4) is 0 Å². The van der Waals surface area contributed by atoms with Gasteiger partial charge in [-0.25, -0.2) is 4.39 Å². The van der Waals surface area contributed by atoms with Crippen molar-refractivity contribution in [1.82, 2.24) is 4.90 Å². The molecule has 2 aromatic carbocycles. The molecule has 0 spiro atoms. The number of piperidine rings is 1. The van der Waals surface area contributed by atoms with Crippen LogP contribution in [-0.4, -0.2) is 23.9 Å². The van der Waals surface area contributed by atoms with Crippen LogP contribution in [0.3, 0.4) is 0 Å². The van der Waals surface area contributed by atoms with Crippen LogP contribution in [0.1, 0.15) is 43.7 Å². The minimum Gasteiger partial charge on any atom is -0.326 e. The molecule has 138 valence electrons. The first kappa shape index (κ1) is 18.6. The molecule has 0 radical (unpaired) electrons. The second kappa shape index (κ2) is 8.45. The maximum atomic E-state index is 13.1. The van der Waals surface area contributed by atoms with Gasteiger partial charge in [-0.05, 0) is 54.6 Å². The lowest BCUT2D eigenvalue weighted by molar-refractivity contribution is -0.121. The smallest absolute Gasteiger partial charge is 0.228 e. The number of likely N-dealkylation sites (tertiary alicyclic amines) is 1. The molecule has 2 aromatic rings. The molecule has 4 heteroatoms. The molecule has 3 rings (SSSR count). The Hall–Kier alpha value is -2.20. The van der Waals surface area contributed by atoms with Gasteiger partial charge in [0.1, 0.15) is 5.82 Å². The fraction of sp³-hybridized carbons (Fsp3) is 0.409. The predicted molar refractivity (Wildman–Crippen MR) is 104 cm³/mol. The molecule has 1 atom stereocenters. The lowest BCUT2D eigenvalue weighted by Gasteiger charge is -2.32. The number of amides is 1. The number of benzene rings is 2. The van der Waals surface area contributed by atoms with E-state index in [2.05, 4.69) is 30.1 Å². The molecule has 1 aliphatic heterocycles. The highest BCUT2D eigenvalue weighted by Gasteiger charge is 2.26. The number of hydrogen-bond acceptors (Lipinski definition) is 2. The summed E-state index contributed by atoms with van der Waals surface area (Å²) >= 11 is 0. The van der Waals surface area contributed by atoms with E-state index in [1.165, 1.54) is 17.7 Å². The number of anilines is 1. The molecular formula is C22H27FN2O. The fourth-order valence-electron chi connectivity index (χ4n) is 3.61. The van der Waals surface area contributed by atoms with E-state index in [1.54, 1.807) is 0 Å². The van der Waals surface area contributed by atoms with E-state index >= 15 is 0 Å². The van der Waals surface area contributed by atoms with Crippen molar-refractivity contribution < 1.29 is 9.18 Å². The summed E-state index contributed by atoms with van der Waals surface area (Å²) in [6, 6.07) is 14.6. The van der Waals surface area contributed by atoms with Crippen molar-refractivity contribution in [2.75, 3.05) is 18.4 Å². The van der Waals surface area contributed by atoms with Gasteiger partial charge in [0.15, 0.2) is 0 Å². The molecule has 0 aromatic heterocycles. The third kappa shape index (κ3) is 4.70. The van der Waals surface area contributed by atoms with Crippen LogP contribution < -0.4 is 5.32 Å². The lowest BCUT2D eigenvalue weighted by Crippen LogP contribution is -2.40. The number of carbonyl (C=O) groups excluding carboxylic acids is 1. The number of nitrogens with zero attached hydrogens (tertiary/aromatic N) is 1. The van der Waals surface area contributed by atoms with Gasteiger partial charge in [-0.2, -0.15) is 0 Å². The average Bonchev–Trinajstić information content (AvgIpc) is 2.64. The summed E-state index contributed by atoms with van der Waals surface area (Å²) in [5.41, 5.74) is 3.17. The fourth-order valence-corrected chi connectivity index (χ4v) is 3.61. The van der Waals surface area contributed by atoms with E-state index in [0.717, 1.165) is 43.7 Å². The maximum absolute atomic E-state index is 13.1. The van der Waals surface area contributed by atoms with Crippen molar-refractivity contribution in [2.24, 2.45) is 5.92 Å². The number of hydrogen-bond donors (Lipinski definition) is 1. The van der Waals surface area contributed by atoms with Gasteiger partial charge in [-0.1, -0.05) is 44.2 Å². The summed E-state index contributed by atoms with van der Waals surface area (Å²) in [7, 11) is 0. The lowest BCUT2D eigenvalue weighted by atomic mass is 9.95. The van der Waals surface area contributed by atoms with Crippen LogP contribution in [0.5, 0.6) is 0 Å². The summed E-state index contributed by atoms with van der Waals surface area (Å²) in [5, 5.41) is 3.14. The summed E-state index contributed by atoms with van der Waals surface area (Å²) in [4.78, 5) is 15.1. The van der Waals surface area contributed by atoms with Crippen LogP contribution >= 0.6 is 0 Å². The van der Waals surface area contributed by atoms with Crippen molar-refractivity contribution in [3.05, 3.63) is 65.5 Å². The number of nitrogens with one attached hydrogen (secondary N) is 1. The van der Waals surface area contributed by atoms with Crippen LogP contribution in [0.25, 0.3) is 0 Å². The zero-order valence-electron chi connectivity index (χ0n) is 15.5. The Morgan fingerprint density at radius 1 is 1.19 bits per heavy atom. The van der Waals surface area contributed by atoms with Gasteiger partial charge in [0.05, 0.1) is 5.92 Å². The van der Waals surface area contributed by atoms with E-state index in [9.17, 15) is 9.18 Å². The molecule has 0 saturated carbocycles. The van der Waals surface area contributed by atoms with Crippen molar-refractivity contribution >= 4 is 11.6 Å². The summed E-state index contributed by atoms with van der Waals surface area (Å²) < 4.78 is 13.1. The molecule has 1 fully saturated rings. The number of carbonyl (C=O) groups is 1. The first-order valence-corrected chi connectivity index (χ1v) is 9.39. The normalized spacial score (nSPS) is 18.1. The third-order valence-corrected chi connectivity index (χ3v) is 5.04. The molecule has 1 heterocycles. The van der Waals surface area contributed by atoms with Crippen molar-refractivity contribution in [3.63, 3.8) is 0 Å². The maximum Gasteiger partial charge on any atom is 0.228 e. The summed E-state index contributed by atoms with van der Waals surface area (Å²) in [6.45, 7) is 6.75. The Morgan fingerprint density at radius 3 is 2.65 bits per heavy atom. The number of rotatable bonds is 5. The van der Waals surface area contributed by atoms with E-state index in [4.69, 9.17) is 0 Å². The largest absolute Gasteiger partial charge is 0.326 e. The minimum atomic E-state index is -0.214. The summed E-state index contributed by atoms with van der Waals surface area (Å²) in [5.74, 6) is 0.243. The molecular weight excluding hydrogens is 327 g/mol. The Balaban J connectivity index is 1.62. The molecule has 3 nitrogen and oxygen atoms in total. The van der Waals surface area contributed by atoms with Crippen molar-refractivity contribution in [2.45, 2.75) is 39.2 Å². The van der Waals surface area contributed by atoms with Crippen LogP contribution in [-0.2, 0) is 11.3 Å². The first-order chi connectivity index (χ1) is 12.5. The predicted octanol–water partition coefficient (Wildman–Crippen LogP) is 4.80. The topological polar surface area (TPSA) is 32.3 Å². The van der Waals surface area contributed by atoms with E-state index in [1.807, 2.05) is 30.3 Å². The van der Waals surface area contributed by atoms with Gasteiger partial charge < -0.3 is 5.32 Å². The Kier molecular flexibility index (Phi) is 6.04. The monoisotopic (exact) mass is 354 g/mol. The van der Waals surface area contributed by atoms with Crippen LogP contribution in [0.4, 0.5) is 10.1 Å². The average molecular weight is 354 g/mol. The first-order valence-electron chi connectivity index (χ1n) is 9.39. The van der Waals surface area contributed by atoms with E-state index in [0.29, 0.717) is 5.92 Å². The van der Waals surface area contributed by atoms with Gasteiger partial charge in [-0.3, -0.25) is 9.69 Å². The Morgan fingerprint density at radius 2 is 1.92 bits per heavy atom. The zero-order valence-corrected chi connectivity index (χ0v) is 15.5. The molecule has 26 heavy (non-hydrogen) atoms. The third-order valence-electron chi connectivity index (χ3n) is 5.04. The van der Waals surface area contributed by atoms with Crippen molar-refractivity contribution in [1.29, 1.82) is 0 Å². The van der Waals surface area contributed by atoms with E-state index in [-0.39, 0.29) is 17.6 Å². The van der Waals surface area contributed by atoms with Gasteiger partial charge in [0.2, 0.25) is 5.91 Å². The molecule has 1 saturated heterocycles. The zero-order chi connectivity index (χ0) is 18.5. The molecule has 1 unspecified atom stereocenters. The second-order valence-electron chi connectivity index (χ2n) is 7.43.